The van der Waals surface area contributed by atoms with Crippen LogP contribution in [0.15, 0.2) is 188 Å². The van der Waals surface area contributed by atoms with Crippen LogP contribution in [-0.4, -0.2) is 13.7 Å². The molecule has 13 rings (SSSR count). The molecule has 3 aromatic heterocycles. The molecule has 0 radical (unpaired) electrons. The van der Waals surface area contributed by atoms with E-state index in [-0.39, 0.29) is 21.7 Å². The first-order valence-corrected chi connectivity index (χ1v) is 27.0. The van der Waals surface area contributed by atoms with E-state index in [0.717, 1.165) is 17.1 Å². The fraction of sp³-hybridized carbons (Fsp3) is 0.222. The molecule has 0 aliphatic carbocycles. The summed E-state index contributed by atoms with van der Waals surface area (Å²) in [5.74, 6) is 0. The standard InChI is InChI=1S/C72H67N3/c1-69(2,3)48-21-32-63-59(38-48)60-39-49(70(4,5)6)22-33-64(60)73(63)53-26-30-57-58-31-27-54(74-65-34-23-50(71(7,8)9)40-61(65)62-41-51(72(10,11)12)24-35-66(62)74)43-68(58)75(67(57)42-53)52-25-29-56-47(37-52)19-18-46-36-45(20-28-55(46)56)44-16-14-13-15-17-44/h13-43H,1-12H3. The quantitative estimate of drug-likeness (QED) is 0.156. The summed E-state index contributed by atoms with van der Waals surface area (Å²) in [5, 5.41) is 12.6. The number of benzene rings is 10. The monoisotopic (exact) mass is 974 g/mol. The van der Waals surface area contributed by atoms with Gasteiger partial charge in [0.1, 0.15) is 0 Å². The van der Waals surface area contributed by atoms with Gasteiger partial charge in [-0.05, 0) is 168 Å². The van der Waals surface area contributed by atoms with E-state index in [1.54, 1.807) is 0 Å². The summed E-state index contributed by atoms with van der Waals surface area (Å²) in [6.45, 7) is 27.8. The van der Waals surface area contributed by atoms with E-state index >= 15 is 0 Å². The van der Waals surface area contributed by atoms with Crippen molar-refractivity contribution >= 4 is 87.0 Å². The molecule has 0 N–H and O–H groups in total. The van der Waals surface area contributed by atoms with Crippen molar-refractivity contribution in [3.63, 3.8) is 0 Å². The summed E-state index contributed by atoms with van der Waals surface area (Å²) in [6, 6.07) is 72.2. The summed E-state index contributed by atoms with van der Waals surface area (Å²) < 4.78 is 7.54. The molecule has 0 aliphatic heterocycles. The van der Waals surface area contributed by atoms with Crippen molar-refractivity contribution in [1.82, 2.24) is 13.7 Å². The molecular weight excluding hydrogens is 907 g/mol. The molecule has 370 valence electrons. The molecule has 0 aliphatic rings. The Hall–Kier alpha value is -7.88. The summed E-state index contributed by atoms with van der Waals surface area (Å²) in [5.41, 5.74) is 18.6. The fourth-order valence-electron chi connectivity index (χ4n) is 12.0. The van der Waals surface area contributed by atoms with Crippen molar-refractivity contribution in [1.29, 1.82) is 0 Å². The largest absolute Gasteiger partial charge is 0.309 e. The maximum absolute atomic E-state index is 2.53. The SMILES string of the molecule is CC(C)(C)c1ccc2c(c1)c1cc(C(C)(C)C)ccc1n2-c1ccc2c3ccc(-n4c5ccc(C(C)(C)C)cc5c5cc(C(C)(C)C)ccc54)cc3n(-c3ccc4c(ccc5cc(-c6ccccc6)ccc54)c3)c2c1. The van der Waals surface area contributed by atoms with Crippen molar-refractivity contribution in [2.24, 2.45) is 0 Å². The van der Waals surface area contributed by atoms with Crippen LogP contribution in [0, 0.1) is 0 Å². The molecule has 0 fully saturated rings. The maximum Gasteiger partial charge on any atom is 0.0561 e. The highest BCUT2D eigenvalue weighted by atomic mass is 15.0. The van der Waals surface area contributed by atoms with Crippen LogP contribution in [0.25, 0.3) is 115 Å². The van der Waals surface area contributed by atoms with Gasteiger partial charge in [-0.3, -0.25) is 0 Å². The highest BCUT2D eigenvalue weighted by Gasteiger charge is 2.25. The van der Waals surface area contributed by atoms with Gasteiger partial charge in [-0.2, -0.15) is 0 Å². The third kappa shape index (κ3) is 7.60. The van der Waals surface area contributed by atoms with E-state index in [9.17, 15) is 0 Å². The first-order chi connectivity index (χ1) is 35.7. The minimum atomic E-state index is 0.0180. The molecule has 0 amide bonds. The molecule has 0 saturated heterocycles. The smallest absolute Gasteiger partial charge is 0.0561 e. The predicted octanol–water partition coefficient (Wildman–Crippen LogP) is 20.1. The third-order valence-corrected chi connectivity index (χ3v) is 16.4. The molecule has 3 heteroatoms. The van der Waals surface area contributed by atoms with Gasteiger partial charge in [0, 0.05) is 49.4 Å². The van der Waals surface area contributed by atoms with Gasteiger partial charge >= 0.3 is 0 Å². The average Bonchev–Trinajstić information content (AvgIpc) is 4.07. The Morgan fingerprint density at radius 3 is 0.947 bits per heavy atom. The normalized spacial score (nSPS) is 13.1. The number of rotatable bonds is 4. The van der Waals surface area contributed by atoms with Crippen LogP contribution in [0.5, 0.6) is 0 Å². The predicted molar refractivity (Wildman–Crippen MR) is 325 cm³/mol. The van der Waals surface area contributed by atoms with Crippen molar-refractivity contribution in [2.45, 2.75) is 105 Å². The van der Waals surface area contributed by atoms with E-state index in [2.05, 4.69) is 285 Å². The molecule has 13 aromatic rings. The molecule has 75 heavy (non-hydrogen) atoms. The Morgan fingerprint density at radius 2 is 0.560 bits per heavy atom. The topological polar surface area (TPSA) is 14.8 Å². The van der Waals surface area contributed by atoms with Crippen LogP contribution >= 0.6 is 0 Å². The second kappa shape index (κ2) is 16.3. The second-order valence-electron chi connectivity index (χ2n) is 25.6. The Labute approximate surface area is 441 Å². The van der Waals surface area contributed by atoms with Gasteiger partial charge in [0.15, 0.2) is 0 Å². The van der Waals surface area contributed by atoms with Crippen molar-refractivity contribution < 1.29 is 0 Å². The lowest BCUT2D eigenvalue weighted by atomic mass is 9.85. The zero-order chi connectivity index (χ0) is 52.1. The zero-order valence-corrected chi connectivity index (χ0v) is 45.7. The van der Waals surface area contributed by atoms with Crippen molar-refractivity contribution in [3.05, 3.63) is 210 Å². The van der Waals surface area contributed by atoms with E-state index < -0.39 is 0 Å². The summed E-state index contributed by atoms with van der Waals surface area (Å²) in [7, 11) is 0. The number of nitrogens with zero attached hydrogens (tertiary/aromatic N) is 3. The summed E-state index contributed by atoms with van der Waals surface area (Å²) in [6.07, 6.45) is 0. The van der Waals surface area contributed by atoms with Gasteiger partial charge in [0.25, 0.3) is 0 Å². The van der Waals surface area contributed by atoms with Crippen molar-refractivity contribution in [2.75, 3.05) is 0 Å². The minimum Gasteiger partial charge on any atom is -0.309 e. The minimum absolute atomic E-state index is 0.0180. The lowest BCUT2D eigenvalue weighted by Crippen LogP contribution is -2.10. The van der Waals surface area contributed by atoms with E-state index in [4.69, 9.17) is 0 Å². The van der Waals surface area contributed by atoms with Crippen LogP contribution in [0.2, 0.25) is 0 Å². The van der Waals surface area contributed by atoms with Crippen LogP contribution < -0.4 is 0 Å². The molecule has 3 heterocycles. The lowest BCUT2D eigenvalue weighted by molar-refractivity contribution is 0.590. The lowest BCUT2D eigenvalue weighted by Gasteiger charge is -2.19. The van der Waals surface area contributed by atoms with Crippen LogP contribution in [0.3, 0.4) is 0 Å². The number of aromatic nitrogens is 3. The molecule has 0 saturated carbocycles. The van der Waals surface area contributed by atoms with Gasteiger partial charge in [-0.15, -0.1) is 0 Å². The number of hydrogen-bond donors (Lipinski definition) is 0. The van der Waals surface area contributed by atoms with Gasteiger partial charge in [-0.25, -0.2) is 0 Å². The van der Waals surface area contributed by atoms with Gasteiger partial charge < -0.3 is 13.7 Å². The zero-order valence-electron chi connectivity index (χ0n) is 45.7. The summed E-state index contributed by atoms with van der Waals surface area (Å²) in [4.78, 5) is 0. The van der Waals surface area contributed by atoms with Gasteiger partial charge in [-0.1, -0.05) is 180 Å². The van der Waals surface area contributed by atoms with E-state index in [0.29, 0.717) is 0 Å². The van der Waals surface area contributed by atoms with Gasteiger partial charge in [0.2, 0.25) is 0 Å². The third-order valence-electron chi connectivity index (χ3n) is 16.4. The molecular formula is C72H67N3. The molecule has 10 aromatic carbocycles. The fourth-order valence-corrected chi connectivity index (χ4v) is 12.0. The molecule has 3 nitrogen and oxygen atoms in total. The van der Waals surface area contributed by atoms with Crippen molar-refractivity contribution in [3.8, 4) is 28.2 Å². The van der Waals surface area contributed by atoms with Crippen LogP contribution in [-0.2, 0) is 21.7 Å². The first kappa shape index (κ1) is 46.9. The second-order valence-corrected chi connectivity index (χ2v) is 25.6. The van der Waals surface area contributed by atoms with Crippen LogP contribution in [0.4, 0.5) is 0 Å². The van der Waals surface area contributed by atoms with E-state index in [1.807, 2.05) is 0 Å². The number of hydrogen-bond acceptors (Lipinski definition) is 0. The molecule has 0 unspecified atom stereocenters. The van der Waals surface area contributed by atoms with E-state index in [1.165, 1.54) is 120 Å². The Bertz CT molecular complexity index is 4130. The number of fused-ring (bicyclic) bond motifs is 12. The average molecular weight is 974 g/mol. The molecule has 0 bridgehead atoms. The Kier molecular flexibility index (Phi) is 10.2. The van der Waals surface area contributed by atoms with Gasteiger partial charge in [0.05, 0.1) is 33.1 Å². The Balaban J connectivity index is 1.08. The maximum atomic E-state index is 2.53. The highest BCUT2D eigenvalue weighted by Crippen LogP contribution is 2.43. The Morgan fingerprint density at radius 1 is 0.227 bits per heavy atom. The highest BCUT2D eigenvalue weighted by molar-refractivity contribution is 6.15. The van der Waals surface area contributed by atoms with Crippen LogP contribution in [0.1, 0.15) is 105 Å². The molecule has 0 spiro atoms. The first-order valence-electron chi connectivity index (χ1n) is 27.0. The molecule has 0 atom stereocenters. The summed E-state index contributed by atoms with van der Waals surface area (Å²) >= 11 is 0.